The summed E-state index contributed by atoms with van der Waals surface area (Å²) in [6, 6.07) is 3.32. The van der Waals surface area contributed by atoms with E-state index in [-0.39, 0.29) is 17.7 Å². The molecule has 0 N–H and O–H groups in total. The van der Waals surface area contributed by atoms with Crippen molar-refractivity contribution in [3.8, 4) is 0 Å². The molecule has 2 aliphatic rings. The minimum Gasteiger partial charge on any atom is -0.459 e. The van der Waals surface area contributed by atoms with Crippen molar-refractivity contribution in [2.75, 3.05) is 13.1 Å². The lowest BCUT2D eigenvalue weighted by atomic mass is 10.3. The molecule has 1 saturated carbocycles. The van der Waals surface area contributed by atoms with Crippen molar-refractivity contribution in [3.05, 3.63) is 36.6 Å². The number of amides is 2. The van der Waals surface area contributed by atoms with Gasteiger partial charge in [-0.1, -0.05) is 0 Å². The van der Waals surface area contributed by atoms with Gasteiger partial charge in [0.15, 0.2) is 5.76 Å². The number of carbonyl (C=O) groups excluding carboxylic acids is 2. The van der Waals surface area contributed by atoms with Crippen molar-refractivity contribution >= 4 is 11.8 Å². The van der Waals surface area contributed by atoms with Crippen molar-refractivity contribution in [1.82, 2.24) is 9.80 Å². The van der Waals surface area contributed by atoms with Gasteiger partial charge in [-0.25, -0.2) is 0 Å². The van der Waals surface area contributed by atoms with Gasteiger partial charge in [0.25, 0.3) is 5.91 Å². The quantitative estimate of drug-likeness (QED) is 0.793. The molecule has 1 aromatic heterocycles. The Bertz CT molecular complexity index is 488. The van der Waals surface area contributed by atoms with Crippen molar-refractivity contribution in [1.29, 1.82) is 0 Å². The van der Waals surface area contributed by atoms with E-state index < -0.39 is 0 Å². The van der Waals surface area contributed by atoms with Crippen LogP contribution in [0.1, 0.15) is 23.4 Å². The lowest BCUT2D eigenvalue weighted by Crippen LogP contribution is -2.41. The summed E-state index contributed by atoms with van der Waals surface area (Å²) in [6.07, 6.45) is 6.81. The Morgan fingerprint density at radius 2 is 1.89 bits per heavy atom. The van der Waals surface area contributed by atoms with E-state index in [2.05, 4.69) is 0 Å². The summed E-state index contributed by atoms with van der Waals surface area (Å²) in [5.74, 6) is 0.537. The maximum atomic E-state index is 12.0. The van der Waals surface area contributed by atoms with Crippen LogP contribution in [0.3, 0.4) is 0 Å². The van der Waals surface area contributed by atoms with Gasteiger partial charge in [-0.05, 0) is 25.0 Å². The zero-order chi connectivity index (χ0) is 12.5. The summed E-state index contributed by atoms with van der Waals surface area (Å²) < 4.78 is 5.07. The topological polar surface area (TPSA) is 53.8 Å². The van der Waals surface area contributed by atoms with Crippen LogP contribution in [-0.4, -0.2) is 34.7 Å². The van der Waals surface area contributed by atoms with Crippen LogP contribution < -0.4 is 0 Å². The molecule has 0 bridgehead atoms. The Morgan fingerprint density at radius 1 is 1.17 bits per heavy atom. The highest BCUT2D eigenvalue weighted by Gasteiger charge is 2.34. The second kappa shape index (κ2) is 4.33. The van der Waals surface area contributed by atoms with Crippen LogP contribution in [0.15, 0.2) is 35.2 Å². The zero-order valence-electron chi connectivity index (χ0n) is 9.91. The Balaban J connectivity index is 1.66. The van der Waals surface area contributed by atoms with E-state index in [4.69, 9.17) is 4.42 Å². The maximum Gasteiger partial charge on any atom is 0.293 e. The van der Waals surface area contributed by atoms with Gasteiger partial charge in [0.05, 0.1) is 6.26 Å². The summed E-state index contributed by atoms with van der Waals surface area (Å²) in [6.45, 7) is 1.06. The van der Waals surface area contributed by atoms with Gasteiger partial charge in [-0.2, -0.15) is 0 Å². The summed E-state index contributed by atoms with van der Waals surface area (Å²) in [7, 11) is 0. The average Bonchev–Trinajstić information content (AvgIpc) is 3.12. The first-order valence-corrected chi connectivity index (χ1v) is 6.09. The Hall–Kier alpha value is -2.04. The van der Waals surface area contributed by atoms with Crippen molar-refractivity contribution in [3.63, 3.8) is 0 Å². The Morgan fingerprint density at radius 3 is 2.44 bits per heavy atom. The molecular formula is C13H14N2O3. The Kier molecular flexibility index (Phi) is 2.66. The van der Waals surface area contributed by atoms with E-state index in [1.807, 2.05) is 0 Å². The molecule has 5 heteroatoms. The van der Waals surface area contributed by atoms with Gasteiger partial charge < -0.3 is 14.2 Å². The van der Waals surface area contributed by atoms with Crippen LogP contribution in [0.25, 0.3) is 0 Å². The lowest BCUT2D eigenvalue weighted by Gasteiger charge is -2.28. The van der Waals surface area contributed by atoms with Crippen LogP contribution in [0, 0.1) is 5.92 Å². The number of hydrogen-bond donors (Lipinski definition) is 0. The molecule has 1 aliphatic heterocycles. The summed E-state index contributed by atoms with van der Waals surface area (Å²) in [4.78, 5) is 27.0. The highest BCUT2D eigenvalue weighted by molar-refractivity contribution is 5.92. The van der Waals surface area contributed by atoms with Crippen molar-refractivity contribution < 1.29 is 14.0 Å². The van der Waals surface area contributed by atoms with E-state index in [0.717, 1.165) is 12.8 Å². The highest BCUT2D eigenvalue weighted by Crippen LogP contribution is 2.31. The van der Waals surface area contributed by atoms with Gasteiger partial charge >= 0.3 is 0 Å². The number of rotatable bonds is 2. The highest BCUT2D eigenvalue weighted by atomic mass is 16.3. The SMILES string of the molecule is O=C(c1ccco1)N1C=CN(C(=O)C2CC2)CC1. The number of carbonyl (C=O) groups is 2. The first-order chi connectivity index (χ1) is 8.75. The molecule has 1 fully saturated rings. The Labute approximate surface area is 105 Å². The van der Waals surface area contributed by atoms with Crippen LogP contribution in [-0.2, 0) is 4.79 Å². The van der Waals surface area contributed by atoms with Gasteiger partial charge in [0.1, 0.15) is 0 Å². The third kappa shape index (κ3) is 2.03. The molecular weight excluding hydrogens is 232 g/mol. The zero-order valence-corrected chi connectivity index (χ0v) is 9.91. The molecule has 2 heterocycles. The first kappa shape index (κ1) is 11.1. The molecule has 0 unspecified atom stereocenters. The van der Waals surface area contributed by atoms with Crippen LogP contribution in [0.2, 0.25) is 0 Å². The molecule has 0 atom stereocenters. The fourth-order valence-electron chi connectivity index (χ4n) is 1.98. The normalized spacial score (nSPS) is 19.1. The second-order valence-corrected chi connectivity index (χ2v) is 4.58. The fraction of sp³-hybridized carbons (Fsp3) is 0.385. The molecule has 94 valence electrons. The number of furan rings is 1. The predicted molar refractivity (Wildman–Crippen MR) is 63.3 cm³/mol. The predicted octanol–water partition coefficient (Wildman–Crippen LogP) is 1.45. The molecule has 18 heavy (non-hydrogen) atoms. The van der Waals surface area contributed by atoms with E-state index >= 15 is 0 Å². The van der Waals surface area contributed by atoms with Gasteiger partial charge in [-0.3, -0.25) is 9.59 Å². The first-order valence-electron chi connectivity index (χ1n) is 6.09. The van der Waals surface area contributed by atoms with Gasteiger partial charge in [-0.15, -0.1) is 0 Å². The van der Waals surface area contributed by atoms with Crippen molar-refractivity contribution in [2.45, 2.75) is 12.8 Å². The molecule has 0 saturated heterocycles. The average molecular weight is 246 g/mol. The number of nitrogens with zero attached hydrogens (tertiary/aromatic N) is 2. The van der Waals surface area contributed by atoms with Crippen LogP contribution >= 0.6 is 0 Å². The minimum absolute atomic E-state index is 0.172. The van der Waals surface area contributed by atoms with E-state index in [9.17, 15) is 9.59 Å². The van der Waals surface area contributed by atoms with E-state index in [0.29, 0.717) is 18.8 Å². The monoisotopic (exact) mass is 246 g/mol. The molecule has 1 aliphatic carbocycles. The van der Waals surface area contributed by atoms with Crippen molar-refractivity contribution in [2.24, 2.45) is 5.92 Å². The third-order valence-corrected chi connectivity index (χ3v) is 3.21. The van der Waals surface area contributed by atoms with Gasteiger partial charge in [0.2, 0.25) is 5.91 Å². The largest absolute Gasteiger partial charge is 0.459 e. The van der Waals surface area contributed by atoms with Crippen LogP contribution in [0.4, 0.5) is 0 Å². The summed E-state index contributed by atoms with van der Waals surface area (Å²) >= 11 is 0. The molecule has 2 amide bonds. The maximum absolute atomic E-state index is 12.0. The third-order valence-electron chi connectivity index (χ3n) is 3.21. The van der Waals surface area contributed by atoms with E-state index in [1.54, 1.807) is 34.3 Å². The molecule has 1 aromatic rings. The molecule has 3 rings (SSSR count). The molecule has 0 spiro atoms. The lowest BCUT2D eigenvalue weighted by molar-refractivity contribution is -0.130. The fourth-order valence-corrected chi connectivity index (χ4v) is 1.98. The standard InChI is InChI=1S/C13H14N2O3/c16-12(10-3-4-10)14-5-7-15(8-6-14)13(17)11-2-1-9-18-11/h1-2,5,7,9-10H,3-4,6,8H2. The number of hydrogen-bond acceptors (Lipinski definition) is 3. The molecule has 5 nitrogen and oxygen atoms in total. The second-order valence-electron chi connectivity index (χ2n) is 4.58. The van der Waals surface area contributed by atoms with E-state index in [1.165, 1.54) is 6.26 Å². The molecule has 0 aromatic carbocycles. The molecule has 0 radical (unpaired) electrons. The van der Waals surface area contributed by atoms with Crippen LogP contribution in [0.5, 0.6) is 0 Å². The summed E-state index contributed by atoms with van der Waals surface area (Å²) in [5.41, 5.74) is 0. The summed E-state index contributed by atoms with van der Waals surface area (Å²) in [5, 5.41) is 0. The minimum atomic E-state index is -0.172. The smallest absolute Gasteiger partial charge is 0.293 e. The van der Waals surface area contributed by atoms with Gasteiger partial charge in [0, 0.05) is 31.4 Å².